The molecule has 7 rings (SSSR count). The van der Waals surface area contributed by atoms with Crippen LogP contribution >= 0.6 is 0 Å². The summed E-state index contributed by atoms with van der Waals surface area (Å²) < 4.78 is 13.7. The Kier molecular flexibility index (Phi) is 4.07. The van der Waals surface area contributed by atoms with Crippen LogP contribution in [0.1, 0.15) is 56.2 Å². The van der Waals surface area contributed by atoms with E-state index < -0.39 is 23.1 Å². The number of aromatic nitrogens is 1. The summed E-state index contributed by atoms with van der Waals surface area (Å²) in [5.41, 5.74) is 0.373. The first kappa shape index (κ1) is 20.6. The van der Waals surface area contributed by atoms with Crippen molar-refractivity contribution >= 4 is 5.97 Å². The van der Waals surface area contributed by atoms with Crippen LogP contribution in [0.25, 0.3) is 0 Å². The second-order valence-electron chi connectivity index (χ2n) is 10.9. The average molecular weight is 467 g/mol. The van der Waals surface area contributed by atoms with Gasteiger partial charge in [-0.15, -0.1) is 0 Å². The van der Waals surface area contributed by atoms with E-state index in [0.29, 0.717) is 30.8 Å². The highest BCUT2D eigenvalue weighted by Crippen LogP contribution is 2.67. The van der Waals surface area contributed by atoms with Gasteiger partial charge in [-0.05, 0) is 62.6 Å². The van der Waals surface area contributed by atoms with Gasteiger partial charge in [0.05, 0.1) is 17.1 Å². The van der Waals surface area contributed by atoms with Gasteiger partial charge < -0.3 is 24.8 Å². The summed E-state index contributed by atoms with van der Waals surface area (Å²) in [4.78, 5) is 14.3. The van der Waals surface area contributed by atoms with E-state index in [2.05, 4.69) is 4.90 Å². The molecule has 8 nitrogen and oxygen atoms in total. The van der Waals surface area contributed by atoms with Crippen molar-refractivity contribution in [3.63, 3.8) is 0 Å². The standard InChI is InChI=1S/C26H30N2O6/c1-14(29)33-18-5-4-16-12-19-26(32)9-8-17(28-20(30)6-7-21(28)31)24-25(26,22(16)23(18)34-24)10-11-27(19)13-15-2-3-15/h4-7,15,17,19,24,30-32H,2-3,8-13H2,1H3/t17-,19-,24+,25+,26-/m1/s1. The van der Waals surface area contributed by atoms with Gasteiger partial charge in [0.2, 0.25) is 0 Å². The van der Waals surface area contributed by atoms with Crippen molar-refractivity contribution in [1.82, 2.24) is 9.47 Å². The molecular weight excluding hydrogens is 436 g/mol. The molecule has 3 N–H and O–H groups in total. The molecule has 1 spiro atoms. The van der Waals surface area contributed by atoms with Gasteiger partial charge in [0.25, 0.3) is 0 Å². The SMILES string of the molecule is CC(=O)Oc1ccc2c3c1O[C@H]1[C@H](n4c(O)ccc4O)CC[C@@]4(O)[C@@H](C2)N(CC2CC2)CC[C@]314. The highest BCUT2D eigenvalue weighted by molar-refractivity contribution is 5.72. The minimum Gasteiger partial charge on any atom is -0.494 e. The Bertz CT molecular complexity index is 1180. The van der Waals surface area contributed by atoms with Gasteiger partial charge in [0, 0.05) is 37.2 Å². The van der Waals surface area contributed by atoms with E-state index in [1.54, 1.807) is 6.07 Å². The quantitative estimate of drug-likeness (QED) is 0.470. The van der Waals surface area contributed by atoms with Crippen molar-refractivity contribution in [1.29, 1.82) is 0 Å². The van der Waals surface area contributed by atoms with E-state index in [0.717, 1.165) is 36.6 Å². The normalized spacial score (nSPS) is 35.5. The fraction of sp³-hybridized carbons (Fsp3) is 0.577. The van der Waals surface area contributed by atoms with Crippen molar-refractivity contribution in [2.24, 2.45) is 5.92 Å². The number of hydrogen-bond donors (Lipinski definition) is 3. The van der Waals surface area contributed by atoms with Gasteiger partial charge in [-0.25, -0.2) is 0 Å². The van der Waals surface area contributed by atoms with Crippen LogP contribution in [0.4, 0.5) is 0 Å². The summed E-state index contributed by atoms with van der Waals surface area (Å²) in [6.45, 7) is 3.25. The molecule has 2 aromatic rings. The van der Waals surface area contributed by atoms with E-state index in [1.165, 1.54) is 36.5 Å². The molecule has 2 aliphatic heterocycles. The second kappa shape index (κ2) is 6.70. The first-order valence-electron chi connectivity index (χ1n) is 12.4. The third-order valence-corrected chi connectivity index (χ3v) is 9.18. The maximum absolute atomic E-state index is 12.6. The van der Waals surface area contributed by atoms with Crippen molar-refractivity contribution < 1.29 is 29.6 Å². The molecule has 0 radical (unpaired) electrons. The van der Waals surface area contributed by atoms with Crippen LogP contribution in [0.2, 0.25) is 0 Å². The Morgan fingerprint density at radius 3 is 2.62 bits per heavy atom. The topological polar surface area (TPSA) is 104 Å². The molecule has 5 aliphatic rings. The molecule has 0 unspecified atom stereocenters. The summed E-state index contributed by atoms with van der Waals surface area (Å²) in [5, 5.41) is 33.7. The predicted molar refractivity (Wildman–Crippen MR) is 121 cm³/mol. The predicted octanol–water partition coefficient (Wildman–Crippen LogP) is 2.63. The number of carbonyl (C=O) groups excluding carboxylic acids is 1. The summed E-state index contributed by atoms with van der Waals surface area (Å²) in [5.74, 6) is 1.15. The molecule has 0 amide bonds. The summed E-state index contributed by atoms with van der Waals surface area (Å²) >= 11 is 0. The summed E-state index contributed by atoms with van der Waals surface area (Å²) in [6.07, 6.45) is 4.55. The van der Waals surface area contributed by atoms with Crippen LogP contribution in [-0.4, -0.2) is 61.6 Å². The number of aromatic hydroxyl groups is 2. The largest absolute Gasteiger partial charge is 0.494 e. The zero-order valence-electron chi connectivity index (χ0n) is 19.2. The summed E-state index contributed by atoms with van der Waals surface area (Å²) in [7, 11) is 0. The molecule has 1 saturated heterocycles. The van der Waals surface area contributed by atoms with E-state index in [-0.39, 0.29) is 23.8 Å². The fourth-order valence-electron chi connectivity index (χ4n) is 7.71. The molecule has 3 heterocycles. The molecule has 2 saturated carbocycles. The lowest BCUT2D eigenvalue weighted by Crippen LogP contribution is -2.76. The Morgan fingerprint density at radius 2 is 1.91 bits per heavy atom. The molecule has 3 fully saturated rings. The molecule has 1 aromatic heterocycles. The van der Waals surface area contributed by atoms with Crippen molar-refractivity contribution in [3.8, 4) is 23.3 Å². The highest BCUT2D eigenvalue weighted by Gasteiger charge is 2.73. The van der Waals surface area contributed by atoms with Crippen molar-refractivity contribution in [3.05, 3.63) is 35.4 Å². The van der Waals surface area contributed by atoms with Crippen LogP contribution in [0.15, 0.2) is 24.3 Å². The van der Waals surface area contributed by atoms with E-state index in [1.807, 2.05) is 6.07 Å². The third-order valence-electron chi connectivity index (χ3n) is 9.18. The number of rotatable bonds is 4. The molecule has 8 heteroatoms. The van der Waals surface area contributed by atoms with Crippen LogP contribution in [-0.2, 0) is 16.6 Å². The van der Waals surface area contributed by atoms with Gasteiger partial charge in [0.1, 0.15) is 6.10 Å². The molecule has 2 bridgehead atoms. The highest BCUT2D eigenvalue weighted by atomic mass is 16.6. The zero-order chi connectivity index (χ0) is 23.4. The Balaban J connectivity index is 1.42. The molecule has 1 aromatic carbocycles. The number of hydrogen-bond acceptors (Lipinski definition) is 7. The minimum atomic E-state index is -1.01. The number of benzene rings is 1. The number of esters is 1. The van der Waals surface area contributed by atoms with Crippen LogP contribution < -0.4 is 9.47 Å². The van der Waals surface area contributed by atoms with Gasteiger partial charge in [-0.3, -0.25) is 14.3 Å². The van der Waals surface area contributed by atoms with E-state index >= 15 is 0 Å². The Labute approximate surface area is 197 Å². The van der Waals surface area contributed by atoms with Gasteiger partial charge in [-0.1, -0.05) is 6.07 Å². The lowest BCUT2D eigenvalue weighted by atomic mass is 9.48. The number of piperidine rings is 1. The molecular formula is C26H30N2O6. The van der Waals surface area contributed by atoms with Gasteiger partial charge in [0.15, 0.2) is 23.3 Å². The van der Waals surface area contributed by atoms with Crippen LogP contribution in [0.5, 0.6) is 23.3 Å². The van der Waals surface area contributed by atoms with Gasteiger partial charge in [-0.2, -0.15) is 0 Å². The maximum Gasteiger partial charge on any atom is 0.308 e. The molecule has 180 valence electrons. The van der Waals surface area contributed by atoms with E-state index in [9.17, 15) is 20.1 Å². The molecule has 5 atom stereocenters. The van der Waals surface area contributed by atoms with Gasteiger partial charge >= 0.3 is 5.97 Å². The number of aliphatic hydroxyl groups is 1. The van der Waals surface area contributed by atoms with Crippen molar-refractivity contribution in [2.75, 3.05) is 13.1 Å². The molecule has 34 heavy (non-hydrogen) atoms. The third kappa shape index (κ3) is 2.48. The second-order valence-corrected chi connectivity index (χ2v) is 10.9. The maximum atomic E-state index is 12.6. The Hall–Kier alpha value is -2.71. The summed E-state index contributed by atoms with van der Waals surface area (Å²) in [6, 6.07) is 6.40. The van der Waals surface area contributed by atoms with E-state index in [4.69, 9.17) is 9.47 Å². The Morgan fingerprint density at radius 1 is 1.15 bits per heavy atom. The zero-order valence-corrected chi connectivity index (χ0v) is 19.2. The lowest BCUT2D eigenvalue weighted by Gasteiger charge is -2.64. The number of nitrogens with zero attached hydrogens (tertiary/aromatic N) is 2. The van der Waals surface area contributed by atoms with Crippen LogP contribution in [0, 0.1) is 5.92 Å². The first-order chi connectivity index (χ1) is 16.3. The lowest BCUT2D eigenvalue weighted by molar-refractivity contribution is -0.196. The average Bonchev–Trinajstić information content (AvgIpc) is 3.45. The number of ether oxygens (including phenoxy) is 2. The van der Waals surface area contributed by atoms with Crippen LogP contribution in [0.3, 0.4) is 0 Å². The first-order valence-corrected chi connectivity index (χ1v) is 12.4. The smallest absolute Gasteiger partial charge is 0.308 e. The molecule has 3 aliphatic carbocycles. The van der Waals surface area contributed by atoms with Crippen molar-refractivity contribution in [2.45, 2.75) is 74.7 Å². The monoisotopic (exact) mass is 466 g/mol. The fourth-order valence-corrected chi connectivity index (χ4v) is 7.71. The number of carbonyl (C=O) groups is 1. The number of likely N-dealkylation sites (tertiary alicyclic amines) is 1. The minimum absolute atomic E-state index is 0.0150.